The van der Waals surface area contributed by atoms with Crippen molar-refractivity contribution in [3.05, 3.63) is 59.4 Å². The Kier molecular flexibility index (Phi) is 5.29. The summed E-state index contributed by atoms with van der Waals surface area (Å²) in [6.45, 7) is 4.20. The molecule has 1 aromatic rings. The first kappa shape index (κ1) is 11.6. The van der Waals surface area contributed by atoms with E-state index in [0.29, 0.717) is 0 Å². The summed E-state index contributed by atoms with van der Waals surface area (Å²) in [7, 11) is 0. The number of hydrogen-bond donors (Lipinski definition) is 0. The van der Waals surface area contributed by atoms with Gasteiger partial charge in [-0.05, 0) is 43.0 Å². The molecule has 1 rings (SSSR count). The van der Waals surface area contributed by atoms with Gasteiger partial charge in [-0.1, -0.05) is 43.3 Å². The number of allylic oxidation sites excluding steroid dienone is 3. The van der Waals surface area contributed by atoms with E-state index in [1.54, 1.807) is 0 Å². The van der Waals surface area contributed by atoms with E-state index >= 15 is 0 Å². The fourth-order valence-corrected chi connectivity index (χ4v) is 1.28. The lowest BCUT2D eigenvalue weighted by atomic mass is 10.1. The third kappa shape index (κ3) is 4.49. The maximum Gasteiger partial charge on any atom is -0.00930 e. The van der Waals surface area contributed by atoms with Crippen LogP contribution in [0.5, 0.6) is 0 Å². The molecular formula is C15H18. The number of aryl methyl sites for hydroxylation is 1. The van der Waals surface area contributed by atoms with E-state index in [1.165, 1.54) is 11.1 Å². The SMILES string of the molecule is CC=CCC=C=Cc1ccc(CC)cc1. The molecular weight excluding hydrogens is 180 g/mol. The van der Waals surface area contributed by atoms with E-state index in [9.17, 15) is 0 Å². The second-order valence-electron chi connectivity index (χ2n) is 3.42. The molecule has 0 bridgehead atoms. The van der Waals surface area contributed by atoms with Crippen molar-refractivity contribution in [2.24, 2.45) is 0 Å². The molecule has 0 unspecified atom stereocenters. The third-order valence-corrected chi connectivity index (χ3v) is 2.25. The zero-order chi connectivity index (χ0) is 10.9. The third-order valence-electron chi connectivity index (χ3n) is 2.25. The molecule has 0 saturated heterocycles. The fourth-order valence-electron chi connectivity index (χ4n) is 1.28. The number of benzene rings is 1. The van der Waals surface area contributed by atoms with E-state index in [1.807, 2.05) is 25.2 Å². The van der Waals surface area contributed by atoms with E-state index in [-0.39, 0.29) is 0 Å². The molecule has 0 heteroatoms. The molecule has 0 aromatic heterocycles. The second kappa shape index (κ2) is 6.86. The van der Waals surface area contributed by atoms with Crippen LogP contribution in [0.4, 0.5) is 0 Å². The highest BCUT2D eigenvalue weighted by atomic mass is 13.9. The molecule has 0 fully saturated rings. The highest BCUT2D eigenvalue weighted by Gasteiger charge is 1.87. The van der Waals surface area contributed by atoms with Gasteiger partial charge in [0.05, 0.1) is 0 Å². The van der Waals surface area contributed by atoms with Crippen molar-refractivity contribution in [3.63, 3.8) is 0 Å². The van der Waals surface area contributed by atoms with Crippen LogP contribution in [0.1, 0.15) is 31.4 Å². The van der Waals surface area contributed by atoms with Crippen molar-refractivity contribution in [3.8, 4) is 0 Å². The summed E-state index contributed by atoms with van der Waals surface area (Å²) in [5.41, 5.74) is 5.76. The fraction of sp³-hybridized carbons (Fsp3) is 0.267. The maximum atomic E-state index is 3.17. The van der Waals surface area contributed by atoms with Crippen LogP contribution in [-0.4, -0.2) is 0 Å². The summed E-state index contributed by atoms with van der Waals surface area (Å²) in [5.74, 6) is 0. The van der Waals surface area contributed by atoms with E-state index in [0.717, 1.165) is 12.8 Å². The zero-order valence-electron chi connectivity index (χ0n) is 9.53. The highest BCUT2D eigenvalue weighted by molar-refractivity contribution is 5.49. The molecule has 15 heavy (non-hydrogen) atoms. The molecule has 1 aromatic carbocycles. The molecule has 0 spiro atoms. The first-order valence-corrected chi connectivity index (χ1v) is 5.48. The molecule has 0 nitrogen and oxygen atoms in total. The van der Waals surface area contributed by atoms with Crippen molar-refractivity contribution in [2.75, 3.05) is 0 Å². The summed E-state index contributed by atoms with van der Waals surface area (Å²) in [6, 6.07) is 8.60. The lowest BCUT2D eigenvalue weighted by Gasteiger charge is -1.95. The Hall–Kier alpha value is -1.52. The van der Waals surface area contributed by atoms with Crippen LogP contribution in [0.3, 0.4) is 0 Å². The second-order valence-corrected chi connectivity index (χ2v) is 3.42. The normalized spacial score (nSPS) is 10.0. The van der Waals surface area contributed by atoms with Crippen LogP contribution in [0.2, 0.25) is 0 Å². The molecule has 0 aliphatic carbocycles. The van der Waals surface area contributed by atoms with Crippen molar-refractivity contribution < 1.29 is 0 Å². The lowest BCUT2D eigenvalue weighted by molar-refractivity contribution is 1.14. The van der Waals surface area contributed by atoms with Gasteiger partial charge in [-0.3, -0.25) is 0 Å². The van der Waals surface area contributed by atoms with Crippen LogP contribution < -0.4 is 0 Å². The summed E-state index contributed by atoms with van der Waals surface area (Å²) >= 11 is 0. The maximum absolute atomic E-state index is 3.17. The Morgan fingerprint density at radius 3 is 2.53 bits per heavy atom. The van der Waals surface area contributed by atoms with Crippen LogP contribution in [0, 0.1) is 0 Å². The van der Waals surface area contributed by atoms with Gasteiger partial charge in [0, 0.05) is 0 Å². The van der Waals surface area contributed by atoms with Gasteiger partial charge in [-0.15, -0.1) is 5.73 Å². The Labute approximate surface area is 92.6 Å². The smallest absolute Gasteiger partial charge is 0.00930 e. The largest absolute Gasteiger partial charge is 0.124 e. The minimum atomic E-state index is 0.958. The molecule has 0 radical (unpaired) electrons. The van der Waals surface area contributed by atoms with Gasteiger partial charge in [0.25, 0.3) is 0 Å². The molecule has 0 aliphatic rings. The predicted molar refractivity (Wildman–Crippen MR) is 67.8 cm³/mol. The van der Waals surface area contributed by atoms with Crippen molar-refractivity contribution in [1.82, 2.24) is 0 Å². The van der Waals surface area contributed by atoms with E-state index in [2.05, 4.69) is 43.0 Å². The van der Waals surface area contributed by atoms with Crippen LogP contribution in [0.15, 0.2) is 48.2 Å². The monoisotopic (exact) mass is 198 g/mol. The van der Waals surface area contributed by atoms with Crippen LogP contribution in [-0.2, 0) is 6.42 Å². The first-order chi connectivity index (χ1) is 7.36. The van der Waals surface area contributed by atoms with Crippen LogP contribution in [0.25, 0.3) is 6.08 Å². The molecule has 0 heterocycles. The highest BCUT2D eigenvalue weighted by Crippen LogP contribution is 2.05. The molecule has 0 N–H and O–H groups in total. The topological polar surface area (TPSA) is 0 Å². The van der Waals surface area contributed by atoms with Gasteiger partial charge in [-0.25, -0.2) is 0 Å². The standard InChI is InChI=1S/C15H18/c1-3-5-6-7-8-9-15-12-10-14(4-2)11-13-15/h3,5,7,9-13H,4,6H2,1-2H3. The molecule has 0 atom stereocenters. The molecule has 0 saturated carbocycles. The first-order valence-electron chi connectivity index (χ1n) is 5.48. The minimum absolute atomic E-state index is 0.958. The van der Waals surface area contributed by atoms with Gasteiger partial charge < -0.3 is 0 Å². The quantitative estimate of drug-likeness (QED) is 0.497. The summed E-state index contributed by atoms with van der Waals surface area (Å²) in [4.78, 5) is 0. The van der Waals surface area contributed by atoms with Gasteiger partial charge in [-0.2, -0.15) is 0 Å². The minimum Gasteiger partial charge on any atom is -0.124 e. The Morgan fingerprint density at radius 2 is 1.93 bits per heavy atom. The van der Waals surface area contributed by atoms with E-state index < -0.39 is 0 Å². The lowest BCUT2D eigenvalue weighted by Crippen LogP contribution is -1.78. The summed E-state index contributed by atoms with van der Waals surface area (Å²) in [6.07, 6.45) is 10.3. The van der Waals surface area contributed by atoms with Gasteiger partial charge in [0.1, 0.15) is 0 Å². The van der Waals surface area contributed by atoms with Gasteiger partial charge in [0.15, 0.2) is 0 Å². The van der Waals surface area contributed by atoms with Gasteiger partial charge in [0.2, 0.25) is 0 Å². The molecule has 78 valence electrons. The molecule has 0 amide bonds. The molecule has 0 aliphatic heterocycles. The Morgan fingerprint density at radius 1 is 1.20 bits per heavy atom. The average Bonchev–Trinajstić information content (AvgIpc) is 2.30. The van der Waals surface area contributed by atoms with Crippen molar-refractivity contribution in [2.45, 2.75) is 26.7 Å². The summed E-state index contributed by atoms with van der Waals surface area (Å²) < 4.78 is 0. The summed E-state index contributed by atoms with van der Waals surface area (Å²) in [5, 5.41) is 0. The van der Waals surface area contributed by atoms with Crippen molar-refractivity contribution >= 4 is 6.08 Å². The Bertz CT molecular complexity index is 360. The number of rotatable bonds is 4. The van der Waals surface area contributed by atoms with Gasteiger partial charge >= 0.3 is 0 Å². The van der Waals surface area contributed by atoms with Crippen molar-refractivity contribution in [1.29, 1.82) is 0 Å². The average molecular weight is 198 g/mol. The Balaban J connectivity index is 2.60. The van der Waals surface area contributed by atoms with E-state index in [4.69, 9.17) is 0 Å². The number of hydrogen-bond acceptors (Lipinski definition) is 0. The zero-order valence-corrected chi connectivity index (χ0v) is 9.53. The predicted octanol–water partition coefficient (Wildman–Crippen LogP) is 4.38. The van der Waals surface area contributed by atoms with Crippen LogP contribution >= 0.6 is 0 Å².